The Morgan fingerprint density at radius 2 is 1.59 bits per heavy atom. The third kappa shape index (κ3) is 8.83. The second kappa shape index (κ2) is 15.7. The molecule has 4 amide bonds. The number of alkyl carbamates (subject to hydrolysis) is 1. The van der Waals surface area contributed by atoms with Gasteiger partial charge in [-0.15, -0.1) is 0 Å². The number of carbonyl (C=O) groups excluding carboxylic acids is 4. The molecule has 1 heterocycles. The maximum atomic E-state index is 14.0. The molecule has 3 aromatic carbocycles. The number of nitrogens with one attached hydrogen (secondary N) is 2. The van der Waals surface area contributed by atoms with Crippen LogP contribution in [-0.2, 0) is 25.5 Å². The van der Waals surface area contributed by atoms with Gasteiger partial charge in [-0.2, -0.15) is 0 Å². The van der Waals surface area contributed by atoms with E-state index in [4.69, 9.17) is 21.1 Å². The maximum Gasteiger partial charge on any atom is 0.410 e. The number of benzene rings is 3. The van der Waals surface area contributed by atoms with Crippen molar-refractivity contribution in [2.24, 2.45) is 0 Å². The molecular weight excluding hydrogens is 672 g/mol. The highest BCUT2D eigenvalue weighted by molar-refractivity contribution is 6.30. The number of likely N-dealkylation sites (tertiary alicyclic amines) is 1. The number of ether oxygens (including phenoxy) is 2. The Kier molecular flexibility index (Phi) is 11.6. The second-order valence-corrected chi connectivity index (χ2v) is 14.8. The molecule has 0 aromatic heterocycles. The van der Waals surface area contributed by atoms with Crippen molar-refractivity contribution in [1.82, 2.24) is 20.4 Å². The number of rotatable bonds is 10. The number of aliphatic hydroxyl groups is 1. The van der Waals surface area contributed by atoms with Crippen LogP contribution < -0.4 is 10.6 Å². The molecule has 2 aliphatic rings. The summed E-state index contributed by atoms with van der Waals surface area (Å²) in [7, 11) is 1.62. The van der Waals surface area contributed by atoms with E-state index in [0.717, 1.165) is 27.8 Å². The summed E-state index contributed by atoms with van der Waals surface area (Å²) >= 11 is 6.14. The molecule has 0 bridgehead atoms. The Bertz CT molecular complexity index is 1700. The molecule has 1 aliphatic heterocycles. The van der Waals surface area contributed by atoms with Crippen LogP contribution in [-0.4, -0.2) is 95.5 Å². The fourth-order valence-corrected chi connectivity index (χ4v) is 7.07. The van der Waals surface area contributed by atoms with Gasteiger partial charge in [-0.25, -0.2) is 9.59 Å². The molecule has 1 fully saturated rings. The molecule has 3 N–H and O–H groups in total. The summed E-state index contributed by atoms with van der Waals surface area (Å²) in [5.41, 5.74) is 3.63. The summed E-state index contributed by atoms with van der Waals surface area (Å²) in [6.45, 7) is 6.89. The zero-order chi connectivity index (χ0) is 36.9. The van der Waals surface area contributed by atoms with Crippen LogP contribution >= 0.6 is 11.6 Å². The smallest absolute Gasteiger partial charge is 0.410 e. The molecule has 51 heavy (non-hydrogen) atoms. The summed E-state index contributed by atoms with van der Waals surface area (Å²) in [5, 5.41) is 16.0. The molecule has 11 nitrogen and oxygen atoms in total. The Hall–Kier alpha value is -4.61. The van der Waals surface area contributed by atoms with Crippen molar-refractivity contribution < 1.29 is 33.8 Å². The van der Waals surface area contributed by atoms with Crippen LogP contribution in [0.3, 0.4) is 0 Å². The fraction of sp³-hybridized carbons (Fsp3) is 0.436. The van der Waals surface area contributed by atoms with Gasteiger partial charge < -0.3 is 35.0 Å². The van der Waals surface area contributed by atoms with E-state index in [9.17, 15) is 24.3 Å². The summed E-state index contributed by atoms with van der Waals surface area (Å²) in [6, 6.07) is 20.9. The number of aliphatic hydroxyl groups excluding tert-OH is 1. The Morgan fingerprint density at radius 1 is 0.980 bits per heavy atom. The average molecular weight is 719 g/mol. The molecule has 0 spiro atoms. The van der Waals surface area contributed by atoms with Gasteiger partial charge in [0.05, 0.1) is 12.1 Å². The summed E-state index contributed by atoms with van der Waals surface area (Å²) < 4.78 is 11.2. The highest BCUT2D eigenvalue weighted by Gasteiger charge is 2.45. The zero-order valence-electron chi connectivity index (χ0n) is 29.8. The number of fused-ring (bicyclic) bond motifs is 3. The highest BCUT2D eigenvalue weighted by Crippen LogP contribution is 2.44. The van der Waals surface area contributed by atoms with E-state index < -0.39 is 53.8 Å². The van der Waals surface area contributed by atoms with E-state index in [1.54, 1.807) is 44.9 Å². The average Bonchev–Trinajstić information content (AvgIpc) is 3.42. The lowest BCUT2D eigenvalue weighted by molar-refractivity contribution is -0.143. The van der Waals surface area contributed by atoms with Crippen molar-refractivity contribution in [3.05, 3.63) is 94.5 Å². The van der Waals surface area contributed by atoms with Gasteiger partial charge in [0.1, 0.15) is 24.3 Å². The number of piperidine rings is 1. The number of hydrogen-bond acceptors (Lipinski definition) is 7. The predicted octanol–water partition coefficient (Wildman–Crippen LogP) is 5.51. The summed E-state index contributed by atoms with van der Waals surface area (Å²) in [6.07, 6.45) is 0.279. The van der Waals surface area contributed by atoms with Crippen molar-refractivity contribution in [3.63, 3.8) is 0 Å². The number of likely N-dealkylation sites (N-methyl/N-ethyl adjacent to an activating group) is 1. The van der Waals surface area contributed by atoms with E-state index >= 15 is 0 Å². The summed E-state index contributed by atoms with van der Waals surface area (Å²) in [4.78, 5) is 56.5. The number of hydrogen-bond donors (Lipinski definition) is 3. The normalized spacial score (nSPS) is 18.1. The van der Waals surface area contributed by atoms with Crippen molar-refractivity contribution in [2.45, 2.75) is 76.1 Å². The number of halogens is 1. The van der Waals surface area contributed by atoms with Gasteiger partial charge in [0.15, 0.2) is 0 Å². The first-order valence-corrected chi connectivity index (χ1v) is 17.6. The van der Waals surface area contributed by atoms with Crippen molar-refractivity contribution in [1.29, 1.82) is 0 Å². The lowest BCUT2D eigenvalue weighted by Crippen LogP contribution is -2.65. The van der Waals surface area contributed by atoms with Crippen LogP contribution in [0.5, 0.6) is 0 Å². The van der Waals surface area contributed by atoms with Crippen molar-refractivity contribution in [2.75, 3.05) is 33.4 Å². The minimum Gasteiger partial charge on any atom is -0.449 e. The first kappa shape index (κ1) is 37.6. The van der Waals surface area contributed by atoms with E-state index in [2.05, 4.69) is 10.6 Å². The Labute approximate surface area is 304 Å². The number of carbonyl (C=O) groups is 4. The molecule has 0 saturated carbocycles. The molecule has 5 rings (SSSR count). The van der Waals surface area contributed by atoms with Crippen molar-refractivity contribution in [3.8, 4) is 11.1 Å². The quantitative estimate of drug-likeness (QED) is 0.251. The predicted molar refractivity (Wildman–Crippen MR) is 194 cm³/mol. The lowest BCUT2D eigenvalue weighted by Gasteiger charge is -2.49. The molecule has 272 valence electrons. The molecule has 1 aliphatic carbocycles. The minimum absolute atomic E-state index is 0.0762. The number of amides is 4. The third-order valence-corrected chi connectivity index (χ3v) is 9.82. The Balaban J connectivity index is 1.24. The van der Waals surface area contributed by atoms with Crippen molar-refractivity contribution >= 4 is 35.6 Å². The molecule has 0 unspecified atom stereocenters. The molecule has 1 saturated heterocycles. The van der Waals surface area contributed by atoms with Crippen LogP contribution in [0, 0.1) is 0 Å². The maximum absolute atomic E-state index is 14.0. The van der Waals surface area contributed by atoms with Gasteiger partial charge in [0, 0.05) is 31.1 Å². The molecule has 0 radical (unpaired) electrons. The zero-order valence-corrected chi connectivity index (χ0v) is 30.5. The highest BCUT2D eigenvalue weighted by atomic mass is 35.5. The molecular formula is C39H47ClN4O7. The summed E-state index contributed by atoms with van der Waals surface area (Å²) in [5.74, 6) is -1.36. The Morgan fingerprint density at radius 3 is 2.18 bits per heavy atom. The van der Waals surface area contributed by atoms with E-state index in [0.29, 0.717) is 30.8 Å². The molecule has 3 aromatic rings. The largest absolute Gasteiger partial charge is 0.449 e. The van der Waals surface area contributed by atoms with E-state index in [-0.39, 0.29) is 19.1 Å². The van der Waals surface area contributed by atoms with Gasteiger partial charge in [-0.3, -0.25) is 9.59 Å². The van der Waals surface area contributed by atoms with Crippen LogP contribution in [0.15, 0.2) is 72.8 Å². The fourth-order valence-electron chi connectivity index (χ4n) is 6.95. The van der Waals surface area contributed by atoms with Crippen LogP contribution in [0.2, 0.25) is 5.02 Å². The van der Waals surface area contributed by atoms with Gasteiger partial charge in [0.2, 0.25) is 11.8 Å². The van der Waals surface area contributed by atoms with Crippen LogP contribution in [0.1, 0.15) is 63.1 Å². The lowest BCUT2D eigenvalue weighted by atomic mass is 9.81. The van der Waals surface area contributed by atoms with Crippen LogP contribution in [0.25, 0.3) is 11.1 Å². The molecule has 12 heteroatoms. The number of nitrogens with zero attached hydrogens (tertiary/aromatic N) is 2. The minimum atomic E-state index is -1.31. The topological polar surface area (TPSA) is 138 Å². The third-order valence-electron chi connectivity index (χ3n) is 9.56. The first-order chi connectivity index (χ1) is 24.2. The monoisotopic (exact) mass is 718 g/mol. The van der Waals surface area contributed by atoms with Gasteiger partial charge in [-0.05, 0) is 86.9 Å². The van der Waals surface area contributed by atoms with E-state index in [1.807, 2.05) is 60.7 Å². The first-order valence-electron chi connectivity index (χ1n) is 17.2. The van der Waals surface area contributed by atoms with Gasteiger partial charge >= 0.3 is 12.2 Å². The van der Waals surface area contributed by atoms with E-state index in [1.165, 1.54) is 11.8 Å². The van der Waals surface area contributed by atoms with Crippen LogP contribution in [0.4, 0.5) is 9.59 Å². The van der Waals surface area contributed by atoms with Gasteiger partial charge in [0.25, 0.3) is 0 Å². The molecule has 3 atom stereocenters. The van der Waals surface area contributed by atoms with Gasteiger partial charge in [-0.1, -0.05) is 72.3 Å². The second-order valence-electron chi connectivity index (χ2n) is 14.4. The standard InChI is InChI=1S/C39H47ClN4O7/c1-25(41-36(48)50-23-32-30-13-8-6-11-28(30)29-12-7-9-14-31(29)32)34(46)42-33(22-45)35(47)43(5)39(21-26-15-17-27(40)18-16-26)19-10-20-44(24-39)37(49)51-38(2,3)4/h6-9,11-18,25,32-33,45H,10,19-24H2,1-5H3,(H,41,48)(H,42,46)/t25-,33-,39+/m0/s1. The SMILES string of the molecule is C[C@H](NC(=O)OCC1c2ccccc2-c2ccccc21)C(=O)N[C@@H](CO)C(=O)N(C)[C@@]1(Cc2ccc(Cl)cc2)CCCN(C(=O)OC(C)(C)C)C1.